The van der Waals surface area contributed by atoms with Gasteiger partial charge in [0.15, 0.2) is 6.67 Å². The van der Waals surface area contributed by atoms with Gasteiger partial charge in [-0.1, -0.05) is 114 Å². The molecule has 24 nitrogen and oxygen atoms in total. The summed E-state index contributed by atoms with van der Waals surface area (Å²) in [6, 6.07) is -2.19. The van der Waals surface area contributed by atoms with Gasteiger partial charge in [-0.3, -0.25) is 48.1 Å². The van der Waals surface area contributed by atoms with Crippen molar-refractivity contribution in [3.8, 4) is 0 Å². The lowest BCUT2D eigenvalue weighted by Crippen LogP contribution is -3.03. The molecule has 8 amide bonds. The number of aliphatic hydroxyl groups excluding tert-OH is 1. The number of Topliss-reactive ketones (excluding diaryl/α,β-unsaturated/α-hetero) is 1. The van der Waals surface area contributed by atoms with E-state index in [0.29, 0.717) is 35.1 Å². The number of thiocarbonyl (C=S) groups is 4. The maximum absolute atomic E-state index is 14.4. The van der Waals surface area contributed by atoms with Crippen molar-refractivity contribution in [1.29, 1.82) is 0 Å². The molecule has 0 bridgehead atoms. The highest BCUT2D eigenvalue weighted by molar-refractivity contribution is 8.02. The number of amides is 8. The second-order valence-corrected chi connectivity index (χ2v) is 26.1. The van der Waals surface area contributed by atoms with Crippen LogP contribution in [0.5, 0.6) is 0 Å². The van der Waals surface area contributed by atoms with Crippen LogP contribution >= 0.6 is 72.4 Å². The molecule has 476 valence electrons. The summed E-state index contributed by atoms with van der Waals surface area (Å²) in [7, 11) is 3.60. The van der Waals surface area contributed by atoms with Gasteiger partial charge in [-0.25, -0.2) is 0 Å². The third kappa shape index (κ3) is 23.3. The van der Waals surface area contributed by atoms with Crippen molar-refractivity contribution >= 4 is 145 Å². The Morgan fingerprint density at radius 2 is 1.30 bits per heavy atom. The molecule has 3 rings (SSSR count). The Morgan fingerprint density at radius 3 is 1.87 bits per heavy atom. The number of hydrogen-bond donors (Lipinski definition) is 14. The van der Waals surface area contributed by atoms with Crippen molar-refractivity contribution in [2.45, 2.75) is 167 Å². The molecule has 0 aromatic heterocycles. The van der Waals surface area contributed by atoms with Crippen LogP contribution in [0, 0.1) is 11.8 Å². The lowest BCUT2D eigenvalue weighted by molar-refractivity contribution is -0.826. The highest BCUT2D eigenvalue weighted by Crippen LogP contribution is 2.19. The minimum Gasteiger partial charge on any atom is -0.384 e. The molecular weight excluding hydrogens is 1220 g/mol. The zero-order chi connectivity index (χ0) is 64.9. The minimum atomic E-state index is -1.57. The van der Waals surface area contributed by atoms with Gasteiger partial charge in [0, 0.05) is 31.8 Å². The number of nitrogens with zero attached hydrogens (tertiary/aromatic N) is 1. The molecule has 0 saturated heterocycles. The first kappa shape index (κ1) is 74.4. The van der Waals surface area contributed by atoms with Gasteiger partial charge in [0.05, 0.1) is 51.2 Å². The predicted octanol–water partition coefficient (Wildman–Crippen LogP) is -1.14. The van der Waals surface area contributed by atoms with Crippen LogP contribution in [0.4, 0.5) is 0 Å². The Labute approximate surface area is 534 Å². The van der Waals surface area contributed by atoms with Crippen LogP contribution in [0.3, 0.4) is 0 Å². The van der Waals surface area contributed by atoms with Crippen LogP contribution < -0.4 is 68.7 Å². The molecule has 1 aromatic carbocycles. The maximum Gasteiger partial charge on any atom is 0.287 e. The number of ketones is 1. The van der Waals surface area contributed by atoms with E-state index in [1.54, 1.807) is 102 Å². The summed E-state index contributed by atoms with van der Waals surface area (Å²) >= 11 is 25.4. The van der Waals surface area contributed by atoms with Gasteiger partial charge in [0.25, 0.3) is 5.91 Å². The smallest absolute Gasteiger partial charge is 0.287 e. The number of benzene rings is 1. The molecule has 0 aliphatic carbocycles. The van der Waals surface area contributed by atoms with E-state index in [4.69, 9.17) is 48.9 Å². The SMILES string of the molecule is CSCC[C@H](NC(=S)[C@@H](NC(=O)C(C)=O)C(C)C)C(=S)N[C@@H](C)C(=O)N[C@H](C)C(=S)N[C@H](C)C(=S)N[C@@H](C)C(=O)N[C@@H]1C(=O)N[C@@H](C(C)C)C(=O)N[C@H](C)C(=O)N[C@H](Cc2ccccc2)C(=O)N[C@@H]([C@@H](O)C2=C[NH+](C)CN2C)C(=O)N/C=C\S[C@@H]1C. The quantitative estimate of drug-likeness (QED) is 0.0455. The number of rotatable bonds is 23. The number of likely N-dealkylation sites (N-methyl/N-ethyl adjacent to an activating group) is 1. The van der Waals surface area contributed by atoms with E-state index in [-0.39, 0.29) is 27.3 Å². The number of aliphatic hydroxyl groups is 1. The molecule has 14 N–H and O–H groups in total. The molecule has 1 unspecified atom stereocenters. The number of thioether (sulfide) groups is 2. The summed E-state index contributed by atoms with van der Waals surface area (Å²) in [5.74, 6) is -6.28. The topological polar surface area (TPSA) is 326 Å². The second kappa shape index (κ2) is 35.8. The number of carbonyl (C=O) groups excluding carboxylic acids is 9. The van der Waals surface area contributed by atoms with E-state index in [2.05, 4.69) is 63.8 Å². The third-order valence-electron chi connectivity index (χ3n) is 13.9. The van der Waals surface area contributed by atoms with E-state index in [9.17, 15) is 48.3 Å². The normalized spacial score (nSPS) is 23.5. The van der Waals surface area contributed by atoms with Crippen molar-refractivity contribution in [3.63, 3.8) is 0 Å². The van der Waals surface area contributed by atoms with Crippen molar-refractivity contribution < 1.29 is 53.2 Å². The molecule has 0 spiro atoms. The molecule has 0 radical (unpaired) electrons. The van der Waals surface area contributed by atoms with Crippen LogP contribution in [0.2, 0.25) is 0 Å². The van der Waals surface area contributed by atoms with Gasteiger partial charge in [0.1, 0.15) is 60.3 Å². The van der Waals surface area contributed by atoms with Gasteiger partial charge in [-0.05, 0) is 75.9 Å². The Morgan fingerprint density at radius 1 is 0.721 bits per heavy atom. The predicted molar refractivity (Wildman–Crippen MR) is 351 cm³/mol. The van der Waals surface area contributed by atoms with Gasteiger partial charge in [0.2, 0.25) is 47.1 Å². The van der Waals surface area contributed by atoms with Gasteiger partial charge in [-0.15, -0.1) is 11.8 Å². The fraction of sp³-hybridized carbons (Fsp3) is 0.589. The maximum atomic E-state index is 14.4. The largest absolute Gasteiger partial charge is 0.384 e. The molecule has 2 aliphatic rings. The lowest BCUT2D eigenvalue weighted by Gasteiger charge is -2.30. The van der Waals surface area contributed by atoms with Crippen molar-refractivity contribution in [3.05, 3.63) is 59.4 Å². The Hall–Kier alpha value is -5.89. The average molecular weight is 1310 g/mol. The molecule has 0 saturated carbocycles. The van der Waals surface area contributed by atoms with Crippen LogP contribution in [0.15, 0.2) is 53.8 Å². The first-order valence-electron chi connectivity index (χ1n) is 28.2. The third-order valence-corrected chi connectivity index (χ3v) is 17.2. The van der Waals surface area contributed by atoms with E-state index in [1.165, 1.54) is 32.4 Å². The van der Waals surface area contributed by atoms with Crippen LogP contribution in [0.25, 0.3) is 0 Å². The molecule has 2 aliphatic heterocycles. The first-order chi connectivity index (χ1) is 40.3. The first-order valence-corrected chi connectivity index (χ1v) is 32.2. The lowest BCUT2D eigenvalue weighted by atomic mass is 10.0. The summed E-state index contributed by atoms with van der Waals surface area (Å²) in [6.07, 6.45) is 3.92. The van der Waals surface area contributed by atoms with Crippen molar-refractivity contribution in [2.75, 3.05) is 32.8 Å². The van der Waals surface area contributed by atoms with Gasteiger partial charge < -0.3 is 73.8 Å². The zero-order valence-corrected chi connectivity index (χ0v) is 56.0. The highest BCUT2D eigenvalue weighted by atomic mass is 32.2. The summed E-state index contributed by atoms with van der Waals surface area (Å²) < 4.78 is 0. The molecule has 14 atom stereocenters. The summed E-state index contributed by atoms with van der Waals surface area (Å²) in [5, 5.41) is 46.5. The summed E-state index contributed by atoms with van der Waals surface area (Å²) in [5.41, 5.74) is 1.05. The molecular formula is C56H87N14O10S6+. The fourth-order valence-corrected chi connectivity index (χ4v) is 11.2. The molecule has 0 fully saturated rings. The number of quaternary nitrogens is 1. The molecule has 2 heterocycles. The summed E-state index contributed by atoms with van der Waals surface area (Å²) in [6.45, 7) is 18.3. The minimum absolute atomic E-state index is 0.0144. The van der Waals surface area contributed by atoms with Crippen LogP contribution in [0.1, 0.15) is 88.1 Å². The number of hydrogen-bond acceptors (Lipinski definition) is 17. The van der Waals surface area contributed by atoms with Crippen molar-refractivity contribution in [1.82, 2.24) is 68.7 Å². The van der Waals surface area contributed by atoms with Crippen LogP contribution in [-0.4, -0.2) is 194 Å². The molecule has 1 aromatic rings. The van der Waals surface area contributed by atoms with Crippen molar-refractivity contribution in [2.24, 2.45) is 11.8 Å². The monoisotopic (exact) mass is 1310 g/mol. The zero-order valence-electron chi connectivity index (χ0n) is 51.1. The van der Waals surface area contributed by atoms with Gasteiger partial charge in [-0.2, -0.15) is 11.8 Å². The Balaban J connectivity index is 1.78. The van der Waals surface area contributed by atoms with Gasteiger partial charge >= 0.3 is 0 Å². The fourth-order valence-electron chi connectivity index (χ4n) is 8.66. The van der Waals surface area contributed by atoms with E-state index >= 15 is 0 Å². The molecule has 86 heavy (non-hydrogen) atoms. The molecule has 30 heteroatoms. The second-order valence-electron chi connectivity index (χ2n) is 22.1. The number of carbonyl (C=O) groups is 9. The summed E-state index contributed by atoms with van der Waals surface area (Å²) in [4.78, 5) is 126. The standard InChI is InChI=1S/C56H86N14O10S6/c1-27(2)40-51(79)58-29(5)46(74)63-38(24-36-18-16-15-17-19-36)49(77)68-43(44(72)39-25-69(12)26-70(39)13)50(78)57-21-23-86-35(11)42(52(80)65-40)67-47(75)31(7)60-54(82)33(9)62-53(81)32(8)59-45(73)30(6)61-55(83)37(20-22-85-14)64-56(84)41(28(3)4)66-48(76)34(10)71/h15-19,21,23,25,27-33,35,37-38,40-44,72H,20,22,24,26H2,1-14H3,(H,57,78)(H,58,79)(H,59,73)(H,60,82)(H,61,83)(H,62,81)(H,63,74)(H,64,84)(H,65,80)(H,66,76)(H,67,75)(H,68,77)/p+1/b23-21-/t29-,30+,31+,32-,33-,35-,37+,38-,40+,41+,42+,43+,44+/m1/s1. The average Bonchev–Trinajstić information content (AvgIpc) is 3.37. The highest BCUT2D eigenvalue weighted by Gasteiger charge is 2.39. The van der Waals surface area contributed by atoms with E-state index in [0.717, 1.165) is 16.7 Å². The Kier molecular flexibility index (Phi) is 31.0. The van der Waals surface area contributed by atoms with E-state index < -0.39 is 137 Å². The number of nitrogens with one attached hydrogen (secondary N) is 13. The Bertz CT molecular complexity index is 2710. The van der Waals surface area contributed by atoms with E-state index in [1.807, 2.05) is 27.2 Å². The van der Waals surface area contributed by atoms with Crippen LogP contribution in [-0.2, 0) is 49.6 Å².